The molecule has 3 atom stereocenters. The number of benzene rings is 3. The van der Waals surface area contributed by atoms with E-state index >= 15 is 0 Å². The summed E-state index contributed by atoms with van der Waals surface area (Å²) in [6, 6.07) is 24.5. The smallest absolute Gasteiger partial charge is 0.249 e. The Morgan fingerprint density at radius 2 is 1.35 bits per heavy atom. The molecule has 3 aliphatic carbocycles. The maximum absolute atomic E-state index is 14.4. The standard InChI is InChI=1S/C31H23Cl2N3O4/c1-17-15-24(35-40-17)34-27(37)23(16-18-9-3-2-4-10-18)36-28(38)25-26(29(36)39)31(33)20-12-6-5-11-19(20)30(25,32)21-13-7-8-14-22(21)31/h2-15,23,25-26H,16H2,1H3,(H,34,35,37)/t23-,25-,26-,30?,31?/m0/s1. The summed E-state index contributed by atoms with van der Waals surface area (Å²) in [6.45, 7) is 1.70. The molecule has 2 heterocycles. The summed E-state index contributed by atoms with van der Waals surface area (Å²) < 4.78 is 5.10. The number of carbonyl (C=O) groups excluding carboxylic acids is 3. The van der Waals surface area contributed by atoms with Gasteiger partial charge in [0.2, 0.25) is 17.7 Å². The maximum atomic E-state index is 14.4. The molecule has 1 saturated heterocycles. The number of anilines is 1. The van der Waals surface area contributed by atoms with E-state index in [1.54, 1.807) is 13.0 Å². The highest BCUT2D eigenvalue weighted by molar-refractivity contribution is 6.36. The number of alkyl halides is 2. The Labute approximate surface area is 240 Å². The number of aryl methyl sites for hydroxylation is 1. The zero-order valence-electron chi connectivity index (χ0n) is 21.3. The van der Waals surface area contributed by atoms with Crippen LogP contribution in [-0.4, -0.2) is 33.8 Å². The van der Waals surface area contributed by atoms with Gasteiger partial charge in [0.1, 0.15) is 21.6 Å². The molecular weight excluding hydrogens is 549 g/mol. The Hall–Kier alpha value is -3.94. The van der Waals surface area contributed by atoms with Gasteiger partial charge in [0.05, 0.1) is 11.8 Å². The predicted molar refractivity (Wildman–Crippen MR) is 149 cm³/mol. The molecule has 1 aliphatic heterocycles. The molecule has 1 N–H and O–H groups in total. The number of halogens is 2. The zero-order chi connectivity index (χ0) is 27.8. The van der Waals surface area contributed by atoms with Crippen molar-refractivity contribution in [2.75, 3.05) is 5.32 Å². The van der Waals surface area contributed by atoms with Crippen molar-refractivity contribution in [1.29, 1.82) is 0 Å². The van der Waals surface area contributed by atoms with Crippen molar-refractivity contribution in [2.24, 2.45) is 11.8 Å². The molecule has 1 aromatic heterocycles. The van der Waals surface area contributed by atoms with Gasteiger partial charge >= 0.3 is 0 Å². The van der Waals surface area contributed by atoms with Crippen LogP contribution in [0.3, 0.4) is 0 Å². The van der Waals surface area contributed by atoms with Crippen LogP contribution >= 0.6 is 23.2 Å². The third-order valence-corrected chi connectivity index (χ3v) is 9.67. The highest BCUT2D eigenvalue weighted by Crippen LogP contribution is 2.69. The van der Waals surface area contributed by atoms with Crippen LogP contribution in [0.2, 0.25) is 0 Å². The summed E-state index contributed by atoms with van der Waals surface area (Å²) in [4.78, 5) is 41.1. The second-order valence-electron chi connectivity index (χ2n) is 10.5. The van der Waals surface area contributed by atoms with Gasteiger partial charge < -0.3 is 9.84 Å². The van der Waals surface area contributed by atoms with Crippen molar-refractivity contribution in [3.8, 4) is 0 Å². The number of aromatic nitrogens is 1. The number of hydrogen-bond acceptors (Lipinski definition) is 5. The van der Waals surface area contributed by atoms with Crippen molar-refractivity contribution >= 4 is 46.7 Å². The molecule has 4 aromatic rings. The monoisotopic (exact) mass is 571 g/mol. The minimum absolute atomic E-state index is 0.102. The minimum Gasteiger partial charge on any atom is -0.360 e. The Balaban J connectivity index is 1.37. The number of carbonyl (C=O) groups is 3. The van der Waals surface area contributed by atoms with Gasteiger partial charge in [-0.05, 0) is 34.7 Å². The number of amides is 3. The summed E-state index contributed by atoms with van der Waals surface area (Å²) in [5, 5.41) is 6.57. The molecule has 2 bridgehead atoms. The topological polar surface area (TPSA) is 92.5 Å². The molecule has 3 aromatic carbocycles. The fourth-order valence-electron chi connectivity index (χ4n) is 6.77. The maximum Gasteiger partial charge on any atom is 0.249 e. The molecule has 1 fully saturated rings. The van der Waals surface area contributed by atoms with Crippen LogP contribution in [0.5, 0.6) is 0 Å². The van der Waals surface area contributed by atoms with Crippen molar-refractivity contribution in [1.82, 2.24) is 10.1 Å². The van der Waals surface area contributed by atoms with Gasteiger partial charge in [0, 0.05) is 12.5 Å². The lowest BCUT2D eigenvalue weighted by molar-refractivity contribution is -0.146. The quantitative estimate of drug-likeness (QED) is 0.265. The number of nitrogens with one attached hydrogen (secondary N) is 1. The van der Waals surface area contributed by atoms with Crippen LogP contribution < -0.4 is 5.32 Å². The lowest BCUT2D eigenvalue weighted by Gasteiger charge is -2.54. The number of likely N-dealkylation sites (tertiary alicyclic amines) is 1. The van der Waals surface area contributed by atoms with E-state index in [0.29, 0.717) is 28.0 Å². The SMILES string of the molecule is Cc1cc(NC(=O)[C@H](Cc2ccccc2)N2C(=O)[C@@H]3[C@@H](C2=O)C2(Cl)c4ccccc4C3(Cl)c3ccccc32)no1. The molecule has 0 spiro atoms. The molecule has 4 aliphatic rings. The van der Waals surface area contributed by atoms with Crippen LogP contribution in [0.25, 0.3) is 0 Å². The lowest BCUT2D eigenvalue weighted by Crippen LogP contribution is -2.57. The van der Waals surface area contributed by atoms with Crippen LogP contribution in [-0.2, 0) is 30.6 Å². The largest absolute Gasteiger partial charge is 0.360 e. The average Bonchev–Trinajstić information content (AvgIpc) is 3.50. The van der Waals surface area contributed by atoms with Crippen LogP contribution in [0.15, 0.2) is 89.5 Å². The summed E-state index contributed by atoms with van der Waals surface area (Å²) in [5.41, 5.74) is 3.60. The molecule has 0 unspecified atom stereocenters. The number of rotatable bonds is 5. The molecule has 7 nitrogen and oxygen atoms in total. The first kappa shape index (κ1) is 25.1. The number of hydrogen-bond donors (Lipinski definition) is 1. The van der Waals surface area contributed by atoms with Crippen LogP contribution in [0.4, 0.5) is 5.82 Å². The first-order chi connectivity index (χ1) is 19.3. The Bertz CT molecular complexity index is 1580. The van der Waals surface area contributed by atoms with Gasteiger partial charge in [-0.1, -0.05) is 84.0 Å². The van der Waals surface area contributed by atoms with E-state index in [1.165, 1.54) is 0 Å². The van der Waals surface area contributed by atoms with Crippen molar-refractivity contribution in [2.45, 2.75) is 29.1 Å². The molecule has 8 rings (SSSR count). The number of imide groups is 1. The zero-order valence-corrected chi connectivity index (χ0v) is 22.8. The van der Waals surface area contributed by atoms with E-state index in [2.05, 4.69) is 10.5 Å². The Kier molecular flexibility index (Phi) is 5.50. The normalized spacial score (nSPS) is 26.7. The Morgan fingerprint density at radius 1 is 0.875 bits per heavy atom. The van der Waals surface area contributed by atoms with Crippen molar-refractivity contribution in [3.05, 3.63) is 119 Å². The summed E-state index contributed by atoms with van der Waals surface area (Å²) in [7, 11) is 0. The van der Waals surface area contributed by atoms with Crippen LogP contribution in [0.1, 0.15) is 33.6 Å². The average molecular weight is 572 g/mol. The second-order valence-corrected chi connectivity index (χ2v) is 11.7. The fourth-order valence-corrected chi connectivity index (χ4v) is 7.87. The minimum atomic E-state index is -1.33. The molecule has 9 heteroatoms. The fraction of sp³-hybridized carbons (Fsp3) is 0.226. The molecule has 200 valence electrons. The van der Waals surface area contributed by atoms with Gasteiger partial charge in [-0.2, -0.15) is 0 Å². The van der Waals surface area contributed by atoms with Gasteiger partial charge in [0.25, 0.3) is 0 Å². The van der Waals surface area contributed by atoms with E-state index in [1.807, 2.05) is 78.9 Å². The van der Waals surface area contributed by atoms with Crippen molar-refractivity contribution < 1.29 is 18.9 Å². The van der Waals surface area contributed by atoms with Gasteiger partial charge in [-0.15, -0.1) is 23.2 Å². The van der Waals surface area contributed by atoms with Gasteiger partial charge in [-0.3, -0.25) is 19.3 Å². The van der Waals surface area contributed by atoms with Gasteiger partial charge in [0.15, 0.2) is 5.82 Å². The van der Waals surface area contributed by atoms with Crippen molar-refractivity contribution in [3.63, 3.8) is 0 Å². The molecule has 0 radical (unpaired) electrons. The van der Waals surface area contributed by atoms with E-state index in [0.717, 1.165) is 10.5 Å². The molecular formula is C31H23Cl2N3O4. The summed E-state index contributed by atoms with van der Waals surface area (Å²) in [5.74, 6) is -2.90. The molecule has 3 amide bonds. The third kappa shape index (κ3) is 3.25. The highest BCUT2D eigenvalue weighted by atomic mass is 35.5. The molecule has 0 saturated carbocycles. The first-order valence-electron chi connectivity index (χ1n) is 13.0. The van der Waals surface area contributed by atoms with Gasteiger partial charge in [-0.25, -0.2) is 0 Å². The summed E-state index contributed by atoms with van der Waals surface area (Å²) >= 11 is 15.1. The third-order valence-electron chi connectivity index (χ3n) is 8.38. The van der Waals surface area contributed by atoms with E-state index in [4.69, 9.17) is 27.7 Å². The van der Waals surface area contributed by atoms with Crippen LogP contribution in [0, 0.1) is 18.8 Å². The Morgan fingerprint density at radius 3 is 1.80 bits per heavy atom. The van der Waals surface area contributed by atoms with E-state index in [9.17, 15) is 14.4 Å². The second kappa shape index (κ2) is 8.78. The highest BCUT2D eigenvalue weighted by Gasteiger charge is 2.73. The van der Waals surface area contributed by atoms with E-state index in [-0.39, 0.29) is 12.2 Å². The molecule has 40 heavy (non-hydrogen) atoms. The number of nitrogens with zero attached hydrogens (tertiary/aromatic N) is 2. The lowest BCUT2D eigenvalue weighted by atomic mass is 9.54. The predicted octanol–water partition coefficient (Wildman–Crippen LogP) is 5.13. The summed E-state index contributed by atoms with van der Waals surface area (Å²) in [6.07, 6.45) is 0.102. The first-order valence-corrected chi connectivity index (χ1v) is 13.7. The van der Waals surface area contributed by atoms with E-state index < -0.39 is 45.3 Å².